The first-order valence-electron chi connectivity index (χ1n) is 6.96. The predicted octanol–water partition coefficient (Wildman–Crippen LogP) is 3.03. The van der Waals surface area contributed by atoms with Gasteiger partial charge in [0.05, 0.1) is 17.2 Å². The molecule has 0 spiro atoms. The number of oxazole rings is 1. The number of para-hydroxylation sites is 2. The number of hydrogen-bond donors (Lipinski definition) is 0. The molecule has 0 saturated carbocycles. The normalized spacial score (nSPS) is 11.5. The number of aryl methyl sites for hydroxylation is 1. The van der Waals surface area contributed by atoms with Gasteiger partial charge in [0.2, 0.25) is 0 Å². The van der Waals surface area contributed by atoms with Gasteiger partial charge in [0, 0.05) is 18.5 Å². The van der Waals surface area contributed by atoms with Gasteiger partial charge in [-0.1, -0.05) is 30.0 Å². The third-order valence-electron chi connectivity index (χ3n) is 3.52. The Morgan fingerprint density at radius 2 is 2.00 bits per heavy atom. The molecule has 1 aromatic carbocycles. The van der Waals surface area contributed by atoms with Gasteiger partial charge in [-0.25, -0.2) is 9.78 Å². The highest BCUT2D eigenvalue weighted by molar-refractivity contribution is 7.99. The first-order valence-corrected chi connectivity index (χ1v) is 7.95. The molecule has 0 aliphatic heterocycles. The Labute approximate surface area is 130 Å². The fourth-order valence-electron chi connectivity index (χ4n) is 2.48. The fraction of sp³-hybridized carbons (Fsp3) is 0.125. The van der Waals surface area contributed by atoms with Crippen LogP contribution in [0.2, 0.25) is 0 Å². The molecule has 6 heteroatoms. The van der Waals surface area contributed by atoms with Gasteiger partial charge in [-0.3, -0.25) is 8.97 Å². The minimum absolute atomic E-state index is 0.310. The molecule has 0 aliphatic carbocycles. The number of rotatable bonds is 4. The van der Waals surface area contributed by atoms with Gasteiger partial charge >= 0.3 is 5.76 Å². The van der Waals surface area contributed by atoms with Crippen molar-refractivity contribution in [2.75, 3.05) is 5.75 Å². The zero-order chi connectivity index (χ0) is 14.9. The molecule has 0 unspecified atom stereocenters. The summed E-state index contributed by atoms with van der Waals surface area (Å²) in [5.74, 6) is 0.437. The number of benzene rings is 1. The van der Waals surface area contributed by atoms with Crippen LogP contribution in [0.25, 0.3) is 16.6 Å². The highest BCUT2D eigenvalue weighted by atomic mass is 32.2. The molecule has 3 heterocycles. The molecule has 0 atom stereocenters. The van der Waals surface area contributed by atoms with E-state index < -0.39 is 0 Å². The highest BCUT2D eigenvalue weighted by Gasteiger charge is 2.09. The summed E-state index contributed by atoms with van der Waals surface area (Å²) in [6.45, 7) is 0.586. The van der Waals surface area contributed by atoms with E-state index in [1.54, 1.807) is 16.3 Å². The van der Waals surface area contributed by atoms with Crippen LogP contribution in [0, 0.1) is 0 Å². The van der Waals surface area contributed by atoms with Crippen molar-refractivity contribution in [1.82, 2.24) is 14.0 Å². The van der Waals surface area contributed by atoms with Crippen molar-refractivity contribution in [2.24, 2.45) is 0 Å². The van der Waals surface area contributed by atoms with Crippen LogP contribution >= 0.6 is 11.8 Å². The maximum Gasteiger partial charge on any atom is 0.419 e. The van der Waals surface area contributed by atoms with E-state index in [4.69, 9.17) is 4.42 Å². The summed E-state index contributed by atoms with van der Waals surface area (Å²) in [6.07, 6.45) is 3.84. The second kappa shape index (κ2) is 5.38. The summed E-state index contributed by atoms with van der Waals surface area (Å²) in [4.78, 5) is 16.3. The average Bonchev–Trinajstić information content (AvgIpc) is 3.09. The van der Waals surface area contributed by atoms with Crippen LogP contribution < -0.4 is 5.76 Å². The monoisotopic (exact) mass is 311 g/mol. The van der Waals surface area contributed by atoms with E-state index in [0.717, 1.165) is 21.9 Å². The molecule has 110 valence electrons. The number of aromatic nitrogens is 3. The number of pyridine rings is 1. The van der Waals surface area contributed by atoms with E-state index in [1.165, 1.54) is 0 Å². The summed E-state index contributed by atoms with van der Waals surface area (Å²) in [6, 6.07) is 13.5. The van der Waals surface area contributed by atoms with Crippen LogP contribution in [-0.4, -0.2) is 19.7 Å². The third kappa shape index (κ3) is 2.21. The van der Waals surface area contributed by atoms with Gasteiger partial charge in [-0.05, 0) is 24.3 Å². The van der Waals surface area contributed by atoms with E-state index in [-0.39, 0.29) is 5.76 Å². The number of imidazole rings is 1. The van der Waals surface area contributed by atoms with Gasteiger partial charge in [-0.15, -0.1) is 0 Å². The molecule has 3 aromatic heterocycles. The quantitative estimate of drug-likeness (QED) is 0.544. The van der Waals surface area contributed by atoms with Crippen molar-refractivity contribution in [1.29, 1.82) is 0 Å². The number of hydrogen-bond acceptors (Lipinski definition) is 4. The van der Waals surface area contributed by atoms with Gasteiger partial charge in [-0.2, -0.15) is 0 Å². The van der Waals surface area contributed by atoms with Crippen molar-refractivity contribution < 1.29 is 4.42 Å². The zero-order valence-corrected chi connectivity index (χ0v) is 12.5. The van der Waals surface area contributed by atoms with E-state index in [9.17, 15) is 4.79 Å². The topological polar surface area (TPSA) is 52.4 Å². The molecule has 22 heavy (non-hydrogen) atoms. The average molecular weight is 311 g/mol. The SMILES string of the molecule is O=c1oc2ccccc2n1CCSc1ncc2ccccn12. The maximum atomic E-state index is 11.9. The standard InChI is InChI=1S/C16H13N3O2S/c20-16-19(13-6-1-2-7-14(13)21-16)9-10-22-15-17-11-12-5-3-4-8-18(12)15/h1-8,11H,9-10H2. The van der Waals surface area contributed by atoms with E-state index in [1.807, 2.05) is 59.3 Å². The van der Waals surface area contributed by atoms with E-state index in [2.05, 4.69) is 4.98 Å². The first-order chi connectivity index (χ1) is 10.8. The van der Waals surface area contributed by atoms with E-state index >= 15 is 0 Å². The van der Waals surface area contributed by atoms with Crippen LogP contribution in [0.4, 0.5) is 0 Å². The lowest BCUT2D eigenvalue weighted by Gasteiger charge is -2.02. The Hall–Kier alpha value is -2.47. The van der Waals surface area contributed by atoms with Crippen molar-refractivity contribution in [2.45, 2.75) is 11.7 Å². The second-order valence-electron chi connectivity index (χ2n) is 4.87. The van der Waals surface area contributed by atoms with Crippen molar-refractivity contribution in [3.8, 4) is 0 Å². The van der Waals surface area contributed by atoms with Crippen molar-refractivity contribution in [3.05, 3.63) is 65.4 Å². The molecule has 0 saturated heterocycles. The maximum absolute atomic E-state index is 11.9. The highest BCUT2D eigenvalue weighted by Crippen LogP contribution is 2.19. The molecule has 0 N–H and O–H groups in total. The lowest BCUT2D eigenvalue weighted by atomic mass is 10.3. The Morgan fingerprint density at radius 3 is 2.95 bits per heavy atom. The van der Waals surface area contributed by atoms with Crippen molar-refractivity contribution >= 4 is 28.4 Å². The van der Waals surface area contributed by atoms with Crippen LogP contribution in [-0.2, 0) is 6.54 Å². The van der Waals surface area contributed by atoms with Gasteiger partial charge in [0.15, 0.2) is 10.7 Å². The molecule has 4 aromatic rings. The smallest absolute Gasteiger partial charge is 0.408 e. The van der Waals surface area contributed by atoms with Crippen molar-refractivity contribution in [3.63, 3.8) is 0 Å². The Morgan fingerprint density at radius 1 is 1.14 bits per heavy atom. The summed E-state index contributed by atoms with van der Waals surface area (Å²) < 4.78 is 8.94. The first kappa shape index (κ1) is 13.2. The summed E-state index contributed by atoms with van der Waals surface area (Å²) in [5.41, 5.74) is 2.53. The number of nitrogens with zero attached hydrogens (tertiary/aromatic N) is 3. The van der Waals surface area contributed by atoms with E-state index in [0.29, 0.717) is 12.1 Å². The van der Waals surface area contributed by atoms with Crippen LogP contribution in [0.3, 0.4) is 0 Å². The number of thioether (sulfide) groups is 1. The third-order valence-corrected chi connectivity index (χ3v) is 4.47. The fourth-order valence-corrected chi connectivity index (χ4v) is 3.37. The largest absolute Gasteiger partial charge is 0.419 e. The summed E-state index contributed by atoms with van der Waals surface area (Å²) in [5, 5.41) is 0.927. The predicted molar refractivity (Wildman–Crippen MR) is 86.4 cm³/mol. The zero-order valence-electron chi connectivity index (χ0n) is 11.7. The molecule has 0 aliphatic rings. The van der Waals surface area contributed by atoms with Gasteiger partial charge in [0.25, 0.3) is 0 Å². The molecule has 4 rings (SSSR count). The number of fused-ring (bicyclic) bond motifs is 2. The lowest BCUT2D eigenvalue weighted by molar-refractivity contribution is 0.514. The molecular weight excluding hydrogens is 298 g/mol. The minimum Gasteiger partial charge on any atom is -0.408 e. The van der Waals surface area contributed by atoms with Crippen LogP contribution in [0.15, 0.2) is 69.2 Å². The van der Waals surface area contributed by atoms with Crippen LogP contribution in [0.5, 0.6) is 0 Å². The molecule has 0 radical (unpaired) electrons. The molecule has 0 fully saturated rings. The second-order valence-corrected chi connectivity index (χ2v) is 5.93. The van der Waals surface area contributed by atoms with Gasteiger partial charge in [0.1, 0.15) is 0 Å². The molecule has 5 nitrogen and oxygen atoms in total. The van der Waals surface area contributed by atoms with Crippen LogP contribution in [0.1, 0.15) is 0 Å². The lowest BCUT2D eigenvalue weighted by Crippen LogP contribution is -2.15. The Bertz CT molecular complexity index is 999. The summed E-state index contributed by atoms with van der Waals surface area (Å²) in [7, 11) is 0. The Kier molecular flexibility index (Phi) is 3.23. The molecular formula is C16H13N3O2S. The molecule has 0 bridgehead atoms. The Balaban J connectivity index is 1.55. The minimum atomic E-state index is -0.310. The summed E-state index contributed by atoms with van der Waals surface area (Å²) >= 11 is 1.62. The molecule has 0 amide bonds. The van der Waals surface area contributed by atoms with Gasteiger partial charge < -0.3 is 4.42 Å².